The molecule has 1 aromatic carbocycles. The van der Waals surface area contributed by atoms with E-state index in [1.807, 2.05) is 37.4 Å². The van der Waals surface area contributed by atoms with Crippen LogP contribution in [-0.2, 0) is 6.54 Å². The lowest BCUT2D eigenvalue weighted by atomic mass is 10.2. The summed E-state index contributed by atoms with van der Waals surface area (Å²) in [5, 5.41) is 3.35. The van der Waals surface area contributed by atoms with E-state index < -0.39 is 0 Å². The highest BCUT2D eigenvalue weighted by Crippen LogP contribution is 2.20. The minimum atomic E-state index is 0.392. The molecular formula is C15H18IN3O. The van der Waals surface area contributed by atoms with E-state index in [4.69, 9.17) is 4.74 Å². The Bertz CT molecular complexity index is 575. The molecule has 1 aromatic heterocycles. The fourth-order valence-electron chi connectivity index (χ4n) is 1.73. The van der Waals surface area contributed by atoms with Crippen LogP contribution in [0, 0.1) is 10.5 Å². The van der Waals surface area contributed by atoms with E-state index in [0.29, 0.717) is 6.01 Å². The number of nitrogens with zero attached hydrogens (tertiary/aromatic N) is 2. The van der Waals surface area contributed by atoms with Crippen molar-refractivity contribution in [2.45, 2.75) is 26.8 Å². The molecule has 0 atom stereocenters. The van der Waals surface area contributed by atoms with Gasteiger partial charge in [-0.05, 0) is 60.7 Å². The highest BCUT2D eigenvalue weighted by molar-refractivity contribution is 14.1. The van der Waals surface area contributed by atoms with Crippen molar-refractivity contribution in [2.24, 2.45) is 0 Å². The number of aryl methyl sites for hydroxylation is 1. The van der Waals surface area contributed by atoms with Crippen molar-refractivity contribution in [3.8, 4) is 11.8 Å². The lowest BCUT2D eigenvalue weighted by Gasteiger charge is -2.08. The summed E-state index contributed by atoms with van der Waals surface area (Å²) in [6.07, 6.45) is 2.95. The predicted molar refractivity (Wildman–Crippen MR) is 88.0 cm³/mol. The van der Waals surface area contributed by atoms with E-state index in [0.717, 1.165) is 40.1 Å². The Labute approximate surface area is 133 Å². The molecule has 0 saturated heterocycles. The van der Waals surface area contributed by atoms with Crippen LogP contribution in [-0.4, -0.2) is 16.5 Å². The Morgan fingerprint density at radius 3 is 2.90 bits per heavy atom. The van der Waals surface area contributed by atoms with Gasteiger partial charge in [0.05, 0.1) is 0 Å². The molecule has 106 valence electrons. The minimum Gasteiger partial charge on any atom is -0.424 e. The lowest BCUT2D eigenvalue weighted by Crippen LogP contribution is -2.15. The van der Waals surface area contributed by atoms with Crippen molar-refractivity contribution in [1.29, 1.82) is 0 Å². The topological polar surface area (TPSA) is 47.0 Å². The maximum absolute atomic E-state index is 5.67. The molecule has 0 fully saturated rings. The summed E-state index contributed by atoms with van der Waals surface area (Å²) in [7, 11) is 0. The van der Waals surface area contributed by atoms with Crippen LogP contribution >= 0.6 is 22.6 Å². The number of hydrogen-bond acceptors (Lipinski definition) is 4. The largest absolute Gasteiger partial charge is 0.424 e. The molecule has 1 heterocycles. The fourth-order valence-corrected chi connectivity index (χ4v) is 2.24. The van der Waals surface area contributed by atoms with Crippen LogP contribution in [0.25, 0.3) is 0 Å². The van der Waals surface area contributed by atoms with Gasteiger partial charge >= 0.3 is 6.01 Å². The standard InChI is InChI=1S/C15H18IN3O/c1-3-7-17-9-12-10-18-15(19-11(12)2)20-14-6-4-5-13(16)8-14/h4-6,8,10,17H,3,7,9H2,1-2H3. The molecule has 5 heteroatoms. The van der Waals surface area contributed by atoms with Gasteiger partial charge in [-0.3, -0.25) is 0 Å². The molecule has 0 aliphatic carbocycles. The first-order valence-electron chi connectivity index (χ1n) is 6.65. The number of ether oxygens (including phenoxy) is 1. The Morgan fingerprint density at radius 2 is 2.20 bits per heavy atom. The smallest absolute Gasteiger partial charge is 0.322 e. The number of hydrogen-bond donors (Lipinski definition) is 1. The van der Waals surface area contributed by atoms with Gasteiger partial charge in [-0.25, -0.2) is 4.98 Å². The highest BCUT2D eigenvalue weighted by Gasteiger charge is 2.05. The third-order valence-electron chi connectivity index (χ3n) is 2.81. The van der Waals surface area contributed by atoms with Crippen molar-refractivity contribution >= 4 is 22.6 Å². The molecule has 0 bridgehead atoms. The molecule has 0 amide bonds. The summed E-state index contributed by atoms with van der Waals surface area (Å²) in [5.41, 5.74) is 2.05. The first-order valence-corrected chi connectivity index (χ1v) is 7.73. The number of rotatable bonds is 6. The number of nitrogens with one attached hydrogen (secondary N) is 1. The highest BCUT2D eigenvalue weighted by atomic mass is 127. The van der Waals surface area contributed by atoms with Crippen LogP contribution < -0.4 is 10.1 Å². The molecule has 0 spiro atoms. The molecular weight excluding hydrogens is 365 g/mol. The van der Waals surface area contributed by atoms with Gasteiger partial charge in [-0.1, -0.05) is 13.0 Å². The quantitative estimate of drug-likeness (QED) is 0.611. The predicted octanol–water partition coefficient (Wildman–Crippen LogP) is 3.68. The van der Waals surface area contributed by atoms with Crippen LogP contribution in [0.15, 0.2) is 30.5 Å². The van der Waals surface area contributed by atoms with E-state index in [1.165, 1.54) is 0 Å². The molecule has 2 aromatic rings. The second-order valence-corrected chi connectivity index (χ2v) is 5.75. The summed E-state index contributed by atoms with van der Waals surface area (Å²) >= 11 is 2.25. The number of aromatic nitrogens is 2. The summed E-state index contributed by atoms with van der Waals surface area (Å²) in [6.45, 7) is 5.92. The van der Waals surface area contributed by atoms with E-state index in [9.17, 15) is 0 Å². The van der Waals surface area contributed by atoms with Crippen molar-refractivity contribution in [1.82, 2.24) is 15.3 Å². The van der Waals surface area contributed by atoms with Gasteiger partial charge in [-0.15, -0.1) is 0 Å². The minimum absolute atomic E-state index is 0.392. The van der Waals surface area contributed by atoms with Crippen molar-refractivity contribution in [3.05, 3.63) is 45.3 Å². The van der Waals surface area contributed by atoms with Gasteiger partial charge in [0.25, 0.3) is 0 Å². The van der Waals surface area contributed by atoms with Crippen LogP contribution in [0.3, 0.4) is 0 Å². The maximum Gasteiger partial charge on any atom is 0.322 e. The van der Waals surface area contributed by atoms with Gasteiger partial charge in [-0.2, -0.15) is 4.98 Å². The third-order valence-corrected chi connectivity index (χ3v) is 3.48. The van der Waals surface area contributed by atoms with E-state index in [-0.39, 0.29) is 0 Å². The molecule has 0 aliphatic heterocycles. The fraction of sp³-hybridized carbons (Fsp3) is 0.333. The monoisotopic (exact) mass is 383 g/mol. The van der Waals surface area contributed by atoms with E-state index >= 15 is 0 Å². The molecule has 0 unspecified atom stereocenters. The summed E-state index contributed by atoms with van der Waals surface area (Å²) < 4.78 is 6.80. The molecule has 0 radical (unpaired) electrons. The van der Waals surface area contributed by atoms with Crippen LogP contribution in [0.4, 0.5) is 0 Å². The van der Waals surface area contributed by atoms with Gasteiger partial charge in [0.1, 0.15) is 5.75 Å². The first kappa shape index (κ1) is 15.2. The molecule has 0 aliphatic rings. The number of halogens is 1. The second-order valence-electron chi connectivity index (χ2n) is 4.50. The second kappa shape index (κ2) is 7.54. The number of benzene rings is 1. The summed E-state index contributed by atoms with van der Waals surface area (Å²) in [6, 6.07) is 8.21. The van der Waals surface area contributed by atoms with Crippen LogP contribution in [0.1, 0.15) is 24.6 Å². The first-order chi connectivity index (χ1) is 9.69. The van der Waals surface area contributed by atoms with Gasteiger partial charge in [0.2, 0.25) is 0 Å². The molecule has 2 rings (SSSR count). The van der Waals surface area contributed by atoms with Gasteiger partial charge < -0.3 is 10.1 Å². The zero-order valence-electron chi connectivity index (χ0n) is 11.7. The Balaban J connectivity index is 2.05. The van der Waals surface area contributed by atoms with Crippen molar-refractivity contribution < 1.29 is 4.74 Å². The maximum atomic E-state index is 5.67. The zero-order valence-corrected chi connectivity index (χ0v) is 13.8. The Hall–Kier alpha value is -1.21. The molecule has 0 saturated carbocycles. The van der Waals surface area contributed by atoms with E-state index in [1.54, 1.807) is 0 Å². The third kappa shape index (κ3) is 4.42. The average molecular weight is 383 g/mol. The molecule has 1 N–H and O–H groups in total. The van der Waals surface area contributed by atoms with Crippen molar-refractivity contribution in [3.63, 3.8) is 0 Å². The molecule has 4 nitrogen and oxygen atoms in total. The summed E-state index contributed by atoms with van der Waals surface area (Å²) in [5.74, 6) is 0.758. The lowest BCUT2D eigenvalue weighted by molar-refractivity contribution is 0.438. The molecule has 20 heavy (non-hydrogen) atoms. The SMILES string of the molecule is CCCNCc1cnc(Oc2cccc(I)c2)nc1C. The average Bonchev–Trinajstić information content (AvgIpc) is 2.41. The summed E-state index contributed by atoms with van der Waals surface area (Å²) in [4.78, 5) is 8.67. The van der Waals surface area contributed by atoms with Crippen molar-refractivity contribution in [2.75, 3.05) is 6.54 Å². The van der Waals surface area contributed by atoms with E-state index in [2.05, 4.69) is 44.8 Å². The van der Waals surface area contributed by atoms with Gasteiger partial charge in [0.15, 0.2) is 0 Å². The Morgan fingerprint density at radius 1 is 1.35 bits per heavy atom. The normalized spacial score (nSPS) is 10.6. The Kier molecular flexibility index (Phi) is 5.72. The van der Waals surface area contributed by atoms with Crippen LogP contribution in [0.5, 0.6) is 11.8 Å². The van der Waals surface area contributed by atoms with Gasteiger partial charge in [0, 0.05) is 27.6 Å². The zero-order chi connectivity index (χ0) is 14.4. The van der Waals surface area contributed by atoms with Crippen LogP contribution in [0.2, 0.25) is 0 Å².